The van der Waals surface area contributed by atoms with E-state index < -0.39 is 24.0 Å². The number of nitrogens with one attached hydrogen (secondary N) is 2. The SMILES string of the molecule is O=C(Cc1c(F)cccc1F)NCC(=O)N1CCNCC1. The second kappa shape index (κ2) is 7.12. The van der Waals surface area contributed by atoms with Crippen molar-refractivity contribution >= 4 is 11.8 Å². The zero-order chi connectivity index (χ0) is 15.2. The number of halogens is 2. The summed E-state index contributed by atoms with van der Waals surface area (Å²) in [5.74, 6) is -2.31. The van der Waals surface area contributed by atoms with E-state index in [4.69, 9.17) is 0 Å². The Hall–Kier alpha value is -2.02. The summed E-state index contributed by atoms with van der Waals surface area (Å²) in [7, 11) is 0. The highest BCUT2D eigenvalue weighted by molar-refractivity contribution is 5.85. The van der Waals surface area contributed by atoms with Crippen molar-refractivity contribution in [2.75, 3.05) is 32.7 Å². The molecule has 0 unspecified atom stereocenters. The van der Waals surface area contributed by atoms with Crippen LogP contribution in [-0.4, -0.2) is 49.4 Å². The number of benzene rings is 1. The largest absolute Gasteiger partial charge is 0.347 e. The van der Waals surface area contributed by atoms with Gasteiger partial charge in [0.25, 0.3) is 0 Å². The smallest absolute Gasteiger partial charge is 0.242 e. The number of piperazine rings is 1. The van der Waals surface area contributed by atoms with E-state index in [0.29, 0.717) is 13.1 Å². The monoisotopic (exact) mass is 297 g/mol. The molecule has 2 rings (SSSR count). The summed E-state index contributed by atoms with van der Waals surface area (Å²) in [4.78, 5) is 25.1. The van der Waals surface area contributed by atoms with Gasteiger partial charge in [-0.15, -0.1) is 0 Å². The van der Waals surface area contributed by atoms with Crippen LogP contribution in [0.4, 0.5) is 8.78 Å². The van der Waals surface area contributed by atoms with Gasteiger partial charge in [-0.05, 0) is 12.1 Å². The lowest BCUT2D eigenvalue weighted by atomic mass is 10.1. The second-order valence-corrected chi connectivity index (χ2v) is 4.78. The molecule has 1 aliphatic rings. The Morgan fingerprint density at radius 3 is 2.43 bits per heavy atom. The number of amides is 2. The van der Waals surface area contributed by atoms with Gasteiger partial charge in [0.15, 0.2) is 0 Å². The van der Waals surface area contributed by atoms with Crippen LogP contribution < -0.4 is 10.6 Å². The molecule has 0 aliphatic carbocycles. The van der Waals surface area contributed by atoms with E-state index in [9.17, 15) is 18.4 Å². The predicted molar refractivity (Wildman–Crippen MR) is 72.5 cm³/mol. The summed E-state index contributed by atoms with van der Waals surface area (Å²) in [6.07, 6.45) is -0.423. The molecule has 1 aliphatic heterocycles. The standard InChI is InChI=1S/C14H17F2N3O2/c15-11-2-1-3-12(16)10(11)8-13(20)18-9-14(21)19-6-4-17-5-7-19/h1-3,17H,4-9H2,(H,18,20). The topological polar surface area (TPSA) is 61.4 Å². The molecule has 1 aromatic carbocycles. The number of rotatable bonds is 4. The van der Waals surface area contributed by atoms with Gasteiger partial charge < -0.3 is 15.5 Å². The van der Waals surface area contributed by atoms with Crippen molar-refractivity contribution in [1.29, 1.82) is 0 Å². The van der Waals surface area contributed by atoms with Gasteiger partial charge in [0.1, 0.15) is 11.6 Å². The minimum atomic E-state index is -0.765. The number of carbonyl (C=O) groups is 2. The van der Waals surface area contributed by atoms with E-state index in [1.54, 1.807) is 4.90 Å². The summed E-state index contributed by atoms with van der Waals surface area (Å²) in [5.41, 5.74) is -0.287. The van der Waals surface area contributed by atoms with E-state index in [1.165, 1.54) is 6.07 Å². The number of hydrogen-bond acceptors (Lipinski definition) is 3. The first-order chi connectivity index (χ1) is 10.1. The molecule has 2 amide bonds. The van der Waals surface area contributed by atoms with Gasteiger partial charge in [0.2, 0.25) is 11.8 Å². The Kier molecular flexibility index (Phi) is 5.21. The summed E-state index contributed by atoms with van der Waals surface area (Å²) >= 11 is 0. The molecule has 7 heteroatoms. The Morgan fingerprint density at radius 2 is 1.81 bits per heavy atom. The summed E-state index contributed by atoms with van der Waals surface area (Å²) < 4.78 is 26.8. The Labute approximate surface area is 121 Å². The highest BCUT2D eigenvalue weighted by Gasteiger charge is 2.18. The molecular weight excluding hydrogens is 280 g/mol. The first kappa shape index (κ1) is 15.4. The third-order valence-electron chi connectivity index (χ3n) is 3.31. The second-order valence-electron chi connectivity index (χ2n) is 4.78. The van der Waals surface area contributed by atoms with Crippen LogP contribution in [-0.2, 0) is 16.0 Å². The van der Waals surface area contributed by atoms with Gasteiger partial charge in [0, 0.05) is 31.7 Å². The molecule has 1 fully saturated rings. The van der Waals surface area contributed by atoms with Crippen LogP contribution in [0.15, 0.2) is 18.2 Å². The van der Waals surface area contributed by atoms with Crippen LogP contribution in [0.25, 0.3) is 0 Å². The zero-order valence-corrected chi connectivity index (χ0v) is 11.5. The maximum absolute atomic E-state index is 13.4. The molecule has 0 atom stereocenters. The van der Waals surface area contributed by atoms with E-state index in [0.717, 1.165) is 25.2 Å². The third-order valence-corrected chi connectivity index (χ3v) is 3.31. The highest BCUT2D eigenvalue weighted by atomic mass is 19.1. The van der Waals surface area contributed by atoms with Crippen molar-refractivity contribution in [3.63, 3.8) is 0 Å². The van der Waals surface area contributed by atoms with Gasteiger partial charge >= 0.3 is 0 Å². The normalized spacial score (nSPS) is 14.9. The van der Waals surface area contributed by atoms with Gasteiger partial charge in [-0.3, -0.25) is 9.59 Å². The molecule has 0 spiro atoms. The average Bonchev–Trinajstić information content (AvgIpc) is 2.49. The molecule has 21 heavy (non-hydrogen) atoms. The number of hydrogen-bond donors (Lipinski definition) is 2. The lowest BCUT2D eigenvalue weighted by molar-refractivity contribution is -0.133. The van der Waals surface area contributed by atoms with Crippen molar-refractivity contribution in [3.8, 4) is 0 Å². The Balaban J connectivity index is 1.83. The van der Waals surface area contributed by atoms with Crippen LogP contribution in [0.1, 0.15) is 5.56 Å². The lowest BCUT2D eigenvalue weighted by Gasteiger charge is -2.27. The molecular formula is C14H17F2N3O2. The number of carbonyl (C=O) groups excluding carboxylic acids is 2. The lowest BCUT2D eigenvalue weighted by Crippen LogP contribution is -2.49. The first-order valence-electron chi connectivity index (χ1n) is 6.76. The highest BCUT2D eigenvalue weighted by Crippen LogP contribution is 2.12. The predicted octanol–water partition coefficient (Wildman–Crippen LogP) is 0.0553. The summed E-state index contributed by atoms with van der Waals surface area (Å²) in [6, 6.07) is 3.43. The van der Waals surface area contributed by atoms with E-state index in [2.05, 4.69) is 10.6 Å². The Bertz CT molecular complexity index is 511. The fourth-order valence-electron chi connectivity index (χ4n) is 2.12. The molecule has 1 saturated heterocycles. The molecule has 0 saturated carbocycles. The van der Waals surface area contributed by atoms with E-state index in [-0.39, 0.29) is 18.0 Å². The van der Waals surface area contributed by atoms with Gasteiger partial charge in [-0.2, -0.15) is 0 Å². The molecule has 0 bridgehead atoms. The molecule has 2 N–H and O–H groups in total. The minimum Gasteiger partial charge on any atom is -0.347 e. The molecule has 0 aromatic heterocycles. The summed E-state index contributed by atoms with van der Waals surface area (Å²) in [6.45, 7) is 2.47. The molecule has 1 aromatic rings. The van der Waals surface area contributed by atoms with Crippen molar-refractivity contribution in [1.82, 2.24) is 15.5 Å². The van der Waals surface area contributed by atoms with Crippen molar-refractivity contribution in [3.05, 3.63) is 35.4 Å². The van der Waals surface area contributed by atoms with Gasteiger partial charge in [-0.25, -0.2) is 8.78 Å². The van der Waals surface area contributed by atoms with Crippen LogP contribution >= 0.6 is 0 Å². The van der Waals surface area contributed by atoms with Crippen LogP contribution in [0.2, 0.25) is 0 Å². The van der Waals surface area contributed by atoms with Crippen LogP contribution in [0, 0.1) is 11.6 Å². The maximum Gasteiger partial charge on any atom is 0.242 e. The van der Waals surface area contributed by atoms with Crippen LogP contribution in [0.3, 0.4) is 0 Å². The third kappa shape index (κ3) is 4.22. The van der Waals surface area contributed by atoms with Crippen molar-refractivity contribution in [2.24, 2.45) is 0 Å². The van der Waals surface area contributed by atoms with E-state index in [1.807, 2.05) is 0 Å². The van der Waals surface area contributed by atoms with Crippen LogP contribution in [0.5, 0.6) is 0 Å². The fourth-order valence-corrected chi connectivity index (χ4v) is 2.12. The van der Waals surface area contributed by atoms with Crippen molar-refractivity contribution < 1.29 is 18.4 Å². The van der Waals surface area contributed by atoms with Crippen molar-refractivity contribution in [2.45, 2.75) is 6.42 Å². The number of nitrogens with zero attached hydrogens (tertiary/aromatic N) is 1. The zero-order valence-electron chi connectivity index (χ0n) is 11.5. The first-order valence-corrected chi connectivity index (χ1v) is 6.76. The molecule has 0 radical (unpaired) electrons. The van der Waals surface area contributed by atoms with E-state index >= 15 is 0 Å². The molecule has 5 nitrogen and oxygen atoms in total. The van der Waals surface area contributed by atoms with Gasteiger partial charge in [-0.1, -0.05) is 6.07 Å². The quantitative estimate of drug-likeness (QED) is 0.826. The molecule has 1 heterocycles. The Morgan fingerprint density at radius 1 is 1.19 bits per heavy atom. The minimum absolute atomic E-state index is 0.158. The summed E-state index contributed by atoms with van der Waals surface area (Å²) in [5, 5.41) is 5.51. The molecule has 114 valence electrons. The van der Waals surface area contributed by atoms with Gasteiger partial charge in [0.05, 0.1) is 13.0 Å². The average molecular weight is 297 g/mol. The fraction of sp³-hybridized carbons (Fsp3) is 0.429. The maximum atomic E-state index is 13.4.